The zero-order chi connectivity index (χ0) is 15.8. The third-order valence-corrected chi connectivity index (χ3v) is 3.56. The molecule has 0 unspecified atom stereocenters. The minimum absolute atomic E-state index is 0.274. The van der Waals surface area contributed by atoms with Crippen LogP contribution >= 0.6 is 0 Å². The van der Waals surface area contributed by atoms with E-state index in [1.165, 1.54) is 7.11 Å². The van der Waals surface area contributed by atoms with Gasteiger partial charge in [-0.1, -0.05) is 32.9 Å². The second-order valence-corrected chi connectivity index (χ2v) is 6.06. The monoisotopic (exact) mass is 287 g/mol. The first kappa shape index (κ1) is 15.3. The van der Waals surface area contributed by atoms with Crippen molar-refractivity contribution in [2.45, 2.75) is 33.1 Å². The van der Waals surface area contributed by atoms with Crippen LogP contribution in [0.25, 0.3) is 10.9 Å². The molecule has 4 nitrogen and oxygen atoms in total. The molecule has 0 saturated carbocycles. The third-order valence-electron chi connectivity index (χ3n) is 3.56. The highest BCUT2D eigenvalue weighted by Gasteiger charge is 2.28. The van der Waals surface area contributed by atoms with Gasteiger partial charge in [-0.15, -0.1) is 0 Å². The Balaban J connectivity index is 2.94. The molecule has 4 heteroatoms. The Labute approximate surface area is 125 Å². The lowest BCUT2D eigenvalue weighted by molar-refractivity contribution is 0.0596. The summed E-state index contributed by atoms with van der Waals surface area (Å²) in [4.78, 5) is 16.9. The molecule has 0 radical (unpaired) electrons. The van der Waals surface area contributed by atoms with Gasteiger partial charge in [0.05, 0.1) is 25.5 Å². The second-order valence-electron chi connectivity index (χ2n) is 6.06. The van der Waals surface area contributed by atoms with Gasteiger partial charge >= 0.3 is 5.97 Å². The standard InChI is InChI=1S/C17H21NO3/c1-10-11-8-7-9-12(20-5)14(11)18-15(17(2,3)4)13(10)16(19)21-6/h7-9H,1-6H3. The first-order chi connectivity index (χ1) is 9.81. The number of hydrogen-bond donors (Lipinski definition) is 0. The topological polar surface area (TPSA) is 48.4 Å². The number of benzene rings is 1. The molecular formula is C17H21NO3. The van der Waals surface area contributed by atoms with Crippen LogP contribution in [0.15, 0.2) is 18.2 Å². The summed E-state index contributed by atoms with van der Waals surface area (Å²) in [6, 6.07) is 5.71. The van der Waals surface area contributed by atoms with Gasteiger partial charge in [0.25, 0.3) is 0 Å². The van der Waals surface area contributed by atoms with Crippen molar-refractivity contribution in [1.29, 1.82) is 0 Å². The Morgan fingerprint density at radius 2 is 1.86 bits per heavy atom. The van der Waals surface area contributed by atoms with Crippen molar-refractivity contribution < 1.29 is 14.3 Å². The third kappa shape index (κ3) is 2.58. The highest BCUT2D eigenvalue weighted by atomic mass is 16.5. The summed E-state index contributed by atoms with van der Waals surface area (Å²) < 4.78 is 10.3. The number of para-hydroxylation sites is 1. The van der Waals surface area contributed by atoms with Crippen LogP contribution in [0, 0.1) is 6.92 Å². The van der Waals surface area contributed by atoms with Gasteiger partial charge in [-0.25, -0.2) is 9.78 Å². The van der Waals surface area contributed by atoms with Crippen LogP contribution in [0.4, 0.5) is 0 Å². The Bertz CT molecular complexity index is 699. The Morgan fingerprint density at radius 1 is 1.19 bits per heavy atom. The molecule has 0 atom stereocenters. The largest absolute Gasteiger partial charge is 0.494 e. The minimum Gasteiger partial charge on any atom is -0.494 e. The van der Waals surface area contributed by atoms with E-state index in [4.69, 9.17) is 14.5 Å². The van der Waals surface area contributed by atoms with Crippen LogP contribution in [-0.4, -0.2) is 25.2 Å². The molecule has 0 bridgehead atoms. The normalized spacial score (nSPS) is 11.5. The van der Waals surface area contributed by atoms with E-state index in [2.05, 4.69) is 0 Å². The lowest BCUT2D eigenvalue weighted by Crippen LogP contribution is -2.21. The molecule has 0 amide bonds. The molecule has 0 saturated heterocycles. The van der Waals surface area contributed by atoms with Crippen molar-refractivity contribution >= 4 is 16.9 Å². The number of esters is 1. The van der Waals surface area contributed by atoms with Crippen LogP contribution < -0.4 is 4.74 Å². The van der Waals surface area contributed by atoms with E-state index in [-0.39, 0.29) is 11.4 Å². The maximum Gasteiger partial charge on any atom is 0.340 e. The lowest BCUT2D eigenvalue weighted by Gasteiger charge is -2.23. The summed E-state index contributed by atoms with van der Waals surface area (Å²) >= 11 is 0. The molecular weight excluding hydrogens is 266 g/mol. The number of aryl methyl sites for hydroxylation is 1. The fraction of sp³-hybridized carbons (Fsp3) is 0.412. The lowest BCUT2D eigenvalue weighted by atomic mass is 9.85. The maximum atomic E-state index is 12.2. The van der Waals surface area contributed by atoms with Gasteiger partial charge < -0.3 is 9.47 Å². The van der Waals surface area contributed by atoms with E-state index in [1.807, 2.05) is 45.9 Å². The van der Waals surface area contributed by atoms with Gasteiger partial charge in [-0.3, -0.25) is 0 Å². The Hall–Kier alpha value is -2.10. The van der Waals surface area contributed by atoms with Crippen molar-refractivity contribution in [2.75, 3.05) is 14.2 Å². The predicted molar refractivity (Wildman–Crippen MR) is 83.1 cm³/mol. The van der Waals surface area contributed by atoms with Crippen molar-refractivity contribution in [2.24, 2.45) is 0 Å². The molecule has 2 rings (SSSR count). The summed E-state index contributed by atoms with van der Waals surface area (Å²) in [5, 5.41) is 0.905. The minimum atomic E-state index is -0.352. The number of rotatable bonds is 2. The van der Waals surface area contributed by atoms with Crippen LogP contribution in [0.1, 0.15) is 42.4 Å². The van der Waals surface area contributed by atoms with Gasteiger partial charge in [-0.05, 0) is 18.6 Å². The zero-order valence-electron chi connectivity index (χ0n) is 13.4. The highest BCUT2D eigenvalue weighted by molar-refractivity contribution is 6.00. The van der Waals surface area contributed by atoms with Gasteiger partial charge in [0.15, 0.2) is 0 Å². The number of methoxy groups -OCH3 is 2. The van der Waals surface area contributed by atoms with E-state index >= 15 is 0 Å². The molecule has 2 aromatic rings. The van der Waals surface area contributed by atoms with E-state index in [9.17, 15) is 4.79 Å². The number of ether oxygens (including phenoxy) is 2. The van der Waals surface area contributed by atoms with Crippen LogP contribution in [-0.2, 0) is 10.2 Å². The number of hydrogen-bond acceptors (Lipinski definition) is 4. The van der Waals surface area contributed by atoms with Gasteiger partial charge in [0.2, 0.25) is 0 Å². The summed E-state index contributed by atoms with van der Waals surface area (Å²) in [5.74, 6) is 0.354. The van der Waals surface area contributed by atoms with Crippen LogP contribution in [0.2, 0.25) is 0 Å². The van der Waals surface area contributed by atoms with Crippen molar-refractivity contribution in [3.63, 3.8) is 0 Å². The molecule has 0 fully saturated rings. The molecule has 0 aliphatic heterocycles. The average Bonchev–Trinajstić information content (AvgIpc) is 2.44. The summed E-state index contributed by atoms with van der Waals surface area (Å²) in [7, 11) is 3.01. The van der Waals surface area contributed by atoms with E-state index in [1.54, 1.807) is 7.11 Å². The van der Waals surface area contributed by atoms with Gasteiger partial charge in [0, 0.05) is 10.8 Å². The molecule has 1 heterocycles. The first-order valence-electron chi connectivity index (χ1n) is 6.87. The molecule has 0 aliphatic rings. The fourth-order valence-corrected chi connectivity index (χ4v) is 2.48. The second kappa shape index (κ2) is 5.35. The van der Waals surface area contributed by atoms with E-state index < -0.39 is 0 Å². The predicted octanol–water partition coefficient (Wildman–Crippen LogP) is 3.64. The van der Waals surface area contributed by atoms with Gasteiger partial charge in [-0.2, -0.15) is 0 Å². The highest BCUT2D eigenvalue weighted by Crippen LogP contribution is 2.34. The van der Waals surface area contributed by atoms with Gasteiger partial charge in [0.1, 0.15) is 11.3 Å². The van der Waals surface area contributed by atoms with E-state index in [0.717, 1.165) is 22.2 Å². The quantitative estimate of drug-likeness (QED) is 0.791. The molecule has 112 valence electrons. The number of nitrogens with zero attached hydrogens (tertiary/aromatic N) is 1. The number of carbonyl (C=O) groups excluding carboxylic acids is 1. The summed E-state index contributed by atoms with van der Waals surface area (Å²) in [6.45, 7) is 8.01. The molecule has 0 N–H and O–H groups in total. The molecule has 1 aromatic carbocycles. The summed E-state index contributed by atoms with van der Waals surface area (Å²) in [5.41, 5.74) is 2.64. The number of carbonyl (C=O) groups is 1. The Kier molecular flexibility index (Phi) is 3.90. The molecule has 1 aromatic heterocycles. The Morgan fingerprint density at radius 3 is 2.38 bits per heavy atom. The molecule has 21 heavy (non-hydrogen) atoms. The summed E-state index contributed by atoms with van der Waals surface area (Å²) in [6.07, 6.45) is 0. The molecule has 0 aliphatic carbocycles. The smallest absolute Gasteiger partial charge is 0.340 e. The van der Waals surface area contributed by atoms with Crippen LogP contribution in [0.3, 0.4) is 0 Å². The zero-order valence-corrected chi connectivity index (χ0v) is 13.4. The average molecular weight is 287 g/mol. The number of fused-ring (bicyclic) bond motifs is 1. The first-order valence-corrected chi connectivity index (χ1v) is 6.87. The maximum absolute atomic E-state index is 12.2. The van der Waals surface area contributed by atoms with Crippen molar-refractivity contribution in [1.82, 2.24) is 4.98 Å². The fourth-order valence-electron chi connectivity index (χ4n) is 2.48. The van der Waals surface area contributed by atoms with E-state index in [0.29, 0.717) is 11.3 Å². The number of aromatic nitrogens is 1. The SMILES string of the molecule is COC(=O)c1c(C(C)(C)C)nc2c(OC)cccc2c1C. The van der Waals surface area contributed by atoms with Crippen molar-refractivity contribution in [3.8, 4) is 5.75 Å². The molecule has 0 spiro atoms. The number of pyridine rings is 1. The van der Waals surface area contributed by atoms with Crippen LogP contribution in [0.5, 0.6) is 5.75 Å². The van der Waals surface area contributed by atoms with Crippen molar-refractivity contribution in [3.05, 3.63) is 35.0 Å².